The Morgan fingerprint density at radius 3 is 3.00 bits per heavy atom. The van der Waals surface area contributed by atoms with E-state index >= 15 is 0 Å². The number of hydrogen-bond acceptors (Lipinski definition) is 3. The van der Waals surface area contributed by atoms with Crippen LogP contribution in [0, 0.1) is 11.3 Å². The SMILES string of the molecule is CCSCCCOc1cccc(Cl)c1C#N. The van der Waals surface area contributed by atoms with E-state index in [0.717, 1.165) is 17.9 Å². The van der Waals surface area contributed by atoms with Gasteiger partial charge >= 0.3 is 0 Å². The van der Waals surface area contributed by atoms with Crippen LogP contribution < -0.4 is 4.74 Å². The molecule has 0 fully saturated rings. The maximum atomic E-state index is 8.92. The number of rotatable bonds is 6. The molecule has 1 rings (SSSR count). The summed E-state index contributed by atoms with van der Waals surface area (Å²) in [5, 5.41) is 9.37. The third kappa shape index (κ3) is 3.96. The van der Waals surface area contributed by atoms with Crippen LogP contribution in [0.1, 0.15) is 18.9 Å². The molecule has 0 amide bonds. The number of hydrogen-bond donors (Lipinski definition) is 0. The van der Waals surface area contributed by atoms with Gasteiger partial charge in [-0.15, -0.1) is 0 Å². The van der Waals surface area contributed by atoms with E-state index in [2.05, 4.69) is 13.0 Å². The summed E-state index contributed by atoms with van der Waals surface area (Å²) < 4.78 is 5.54. The van der Waals surface area contributed by atoms with E-state index in [1.54, 1.807) is 18.2 Å². The third-order valence-corrected chi connectivity index (χ3v) is 3.28. The molecule has 1 aromatic carbocycles. The Morgan fingerprint density at radius 2 is 2.31 bits per heavy atom. The highest BCUT2D eigenvalue weighted by Gasteiger charge is 2.06. The fraction of sp³-hybridized carbons (Fsp3) is 0.417. The maximum Gasteiger partial charge on any atom is 0.138 e. The Balaban J connectivity index is 2.48. The second-order valence-electron chi connectivity index (χ2n) is 3.12. The van der Waals surface area contributed by atoms with Crippen LogP contribution in [0.15, 0.2) is 18.2 Å². The lowest BCUT2D eigenvalue weighted by molar-refractivity contribution is 0.318. The summed E-state index contributed by atoms with van der Waals surface area (Å²) in [5.74, 6) is 2.79. The normalized spacial score (nSPS) is 9.81. The molecular formula is C12H14ClNOS. The van der Waals surface area contributed by atoms with E-state index < -0.39 is 0 Å². The molecule has 0 aliphatic rings. The molecule has 0 saturated carbocycles. The van der Waals surface area contributed by atoms with Crippen LogP contribution in [-0.2, 0) is 0 Å². The molecule has 16 heavy (non-hydrogen) atoms. The molecule has 0 heterocycles. The fourth-order valence-electron chi connectivity index (χ4n) is 1.22. The molecule has 4 heteroatoms. The van der Waals surface area contributed by atoms with E-state index in [9.17, 15) is 0 Å². The highest BCUT2D eigenvalue weighted by molar-refractivity contribution is 7.99. The Bertz CT molecular complexity index is 376. The first-order valence-electron chi connectivity index (χ1n) is 5.18. The van der Waals surface area contributed by atoms with Crippen molar-refractivity contribution >= 4 is 23.4 Å². The molecule has 0 bridgehead atoms. The lowest BCUT2D eigenvalue weighted by Crippen LogP contribution is -2.00. The number of benzene rings is 1. The maximum absolute atomic E-state index is 8.92. The summed E-state index contributed by atoms with van der Waals surface area (Å²) in [4.78, 5) is 0. The molecule has 2 nitrogen and oxygen atoms in total. The van der Waals surface area contributed by atoms with Gasteiger partial charge in [0, 0.05) is 0 Å². The molecule has 0 saturated heterocycles. The Kier molecular flexibility index (Phi) is 6.14. The average Bonchev–Trinajstić information content (AvgIpc) is 2.29. The Hall–Kier alpha value is -0.850. The fourth-order valence-corrected chi connectivity index (χ4v) is 2.04. The van der Waals surface area contributed by atoms with Crippen molar-refractivity contribution < 1.29 is 4.74 Å². The van der Waals surface area contributed by atoms with Gasteiger partial charge < -0.3 is 4.74 Å². The summed E-state index contributed by atoms with van der Waals surface area (Å²) in [6.07, 6.45) is 0.982. The van der Waals surface area contributed by atoms with Gasteiger partial charge in [0.05, 0.1) is 11.6 Å². The van der Waals surface area contributed by atoms with Gasteiger partial charge in [-0.25, -0.2) is 0 Å². The molecule has 0 unspecified atom stereocenters. The van der Waals surface area contributed by atoms with Crippen LogP contribution in [0.2, 0.25) is 5.02 Å². The summed E-state index contributed by atoms with van der Waals surface area (Å²) in [7, 11) is 0. The largest absolute Gasteiger partial charge is 0.492 e. The van der Waals surface area contributed by atoms with E-state index in [1.165, 1.54) is 0 Å². The van der Waals surface area contributed by atoms with Gasteiger partial charge in [-0.3, -0.25) is 0 Å². The van der Waals surface area contributed by atoms with E-state index in [0.29, 0.717) is 22.9 Å². The number of nitriles is 1. The molecule has 0 N–H and O–H groups in total. The van der Waals surface area contributed by atoms with Crippen LogP contribution in [-0.4, -0.2) is 18.1 Å². The van der Waals surface area contributed by atoms with Crippen molar-refractivity contribution in [2.45, 2.75) is 13.3 Å². The third-order valence-electron chi connectivity index (χ3n) is 1.98. The standard InChI is InChI=1S/C12H14ClNOS/c1-2-16-8-4-7-15-12-6-3-5-11(13)10(12)9-14/h3,5-6H,2,4,7-8H2,1H3. The van der Waals surface area contributed by atoms with Crippen LogP contribution in [0.5, 0.6) is 5.75 Å². The van der Waals surface area contributed by atoms with Crippen LogP contribution in [0.25, 0.3) is 0 Å². The van der Waals surface area contributed by atoms with Crippen molar-refractivity contribution in [2.75, 3.05) is 18.1 Å². The van der Waals surface area contributed by atoms with Gasteiger partial charge in [-0.2, -0.15) is 17.0 Å². The van der Waals surface area contributed by atoms with Crippen molar-refractivity contribution in [3.05, 3.63) is 28.8 Å². The van der Waals surface area contributed by atoms with Gasteiger partial charge in [0.15, 0.2) is 0 Å². The summed E-state index contributed by atoms with van der Waals surface area (Å²) >= 11 is 7.77. The minimum atomic E-state index is 0.423. The Labute approximate surface area is 106 Å². The first kappa shape index (κ1) is 13.2. The zero-order valence-electron chi connectivity index (χ0n) is 9.20. The minimum absolute atomic E-state index is 0.423. The molecule has 0 aliphatic carbocycles. The van der Waals surface area contributed by atoms with Crippen molar-refractivity contribution in [2.24, 2.45) is 0 Å². The summed E-state index contributed by atoms with van der Waals surface area (Å²) in [6, 6.07) is 7.31. The monoisotopic (exact) mass is 255 g/mol. The lowest BCUT2D eigenvalue weighted by Gasteiger charge is -2.08. The zero-order valence-corrected chi connectivity index (χ0v) is 10.8. The Morgan fingerprint density at radius 1 is 1.50 bits per heavy atom. The van der Waals surface area contributed by atoms with E-state index in [-0.39, 0.29) is 0 Å². The highest BCUT2D eigenvalue weighted by atomic mass is 35.5. The molecule has 86 valence electrons. The van der Waals surface area contributed by atoms with Gasteiger partial charge in [-0.05, 0) is 30.1 Å². The lowest BCUT2D eigenvalue weighted by atomic mass is 10.2. The highest BCUT2D eigenvalue weighted by Crippen LogP contribution is 2.25. The van der Waals surface area contributed by atoms with Gasteiger partial charge in [-0.1, -0.05) is 24.6 Å². The topological polar surface area (TPSA) is 33.0 Å². The van der Waals surface area contributed by atoms with Crippen LogP contribution in [0.4, 0.5) is 0 Å². The first-order valence-corrected chi connectivity index (χ1v) is 6.72. The van der Waals surface area contributed by atoms with Crippen molar-refractivity contribution in [3.63, 3.8) is 0 Å². The van der Waals surface area contributed by atoms with E-state index in [4.69, 9.17) is 21.6 Å². The van der Waals surface area contributed by atoms with E-state index in [1.807, 2.05) is 11.8 Å². The molecule has 0 atom stereocenters. The number of ether oxygens (including phenoxy) is 1. The zero-order chi connectivity index (χ0) is 11.8. The van der Waals surface area contributed by atoms with Gasteiger partial charge in [0.1, 0.15) is 17.4 Å². The molecule has 1 aromatic rings. The van der Waals surface area contributed by atoms with Crippen molar-refractivity contribution in [1.29, 1.82) is 5.26 Å². The van der Waals surface area contributed by atoms with Crippen molar-refractivity contribution in [1.82, 2.24) is 0 Å². The predicted octanol–water partition coefficient (Wildman–Crippen LogP) is 3.73. The second kappa shape index (κ2) is 7.43. The molecule has 0 aromatic heterocycles. The van der Waals surface area contributed by atoms with Gasteiger partial charge in [0.25, 0.3) is 0 Å². The summed E-state index contributed by atoms with van der Waals surface area (Å²) in [6.45, 7) is 2.76. The number of halogens is 1. The molecular weight excluding hydrogens is 242 g/mol. The van der Waals surface area contributed by atoms with Crippen molar-refractivity contribution in [3.8, 4) is 11.8 Å². The number of nitrogens with zero attached hydrogens (tertiary/aromatic N) is 1. The average molecular weight is 256 g/mol. The molecule has 0 spiro atoms. The molecule has 0 radical (unpaired) electrons. The summed E-state index contributed by atoms with van der Waals surface area (Å²) in [5.41, 5.74) is 0.423. The van der Waals surface area contributed by atoms with Crippen LogP contribution >= 0.6 is 23.4 Å². The molecule has 0 aliphatic heterocycles. The predicted molar refractivity (Wildman–Crippen MR) is 69.3 cm³/mol. The number of thioether (sulfide) groups is 1. The quantitative estimate of drug-likeness (QED) is 0.726. The first-order chi connectivity index (χ1) is 7.79. The second-order valence-corrected chi connectivity index (χ2v) is 4.92. The van der Waals surface area contributed by atoms with Gasteiger partial charge in [0.2, 0.25) is 0 Å². The minimum Gasteiger partial charge on any atom is -0.492 e. The van der Waals surface area contributed by atoms with Crippen LogP contribution in [0.3, 0.4) is 0 Å². The smallest absolute Gasteiger partial charge is 0.138 e.